The van der Waals surface area contributed by atoms with Crippen LogP contribution in [0.2, 0.25) is 0 Å². The Morgan fingerprint density at radius 2 is 1.86 bits per heavy atom. The Bertz CT molecular complexity index is 861. The molecule has 0 fully saturated rings. The minimum atomic E-state index is -1.63. The van der Waals surface area contributed by atoms with Crippen molar-refractivity contribution in [2.24, 2.45) is 0 Å². The van der Waals surface area contributed by atoms with E-state index >= 15 is 0 Å². The fourth-order valence-corrected chi connectivity index (χ4v) is 2.03. The average Bonchev–Trinajstić information content (AvgIpc) is 2.91. The molecule has 112 valence electrons. The van der Waals surface area contributed by atoms with Gasteiger partial charge in [0.1, 0.15) is 5.69 Å². The molecule has 0 radical (unpaired) electrons. The molecule has 0 unspecified atom stereocenters. The summed E-state index contributed by atoms with van der Waals surface area (Å²) >= 11 is 0. The summed E-state index contributed by atoms with van der Waals surface area (Å²) in [6.45, 7) is 0. The first-order valence-corrected chi connectivity index (χ1v) is 6.33. The lowest BCUT2D eigenvalue weighted by Gasteiger charge is -2.06. The van der Waals surface area contributed by atoms with Crippen LogP contribution in [-0.2, 0) is 11.2 Å². The second-order valence-electron chi connectivity index (χ2n) is 4.57. The van der Waals surface area contributed by atoms with E-state index in [1.165, 1.54) is 0 Å². The molecule has 3 rings (SSSR count). The zero-order chi connectivity index (χ0) is 15.7. The van der Waals surface area contributed by atoms with Gasteiger partial charge in [-0.25, -0.2) is 13.2 Å². The summed E-state index contributed by atoms with van der Waals surface area (Å²) in [5.41, 5.74) is 0.456. The Morgan fingerprint density at radius 3 is 2.68 bits per heavy atom. The van der Waals surface area contributed by atoms with Gasteiger partial charge in [-0.15, -0.1) is 0 Å². The van der Waals surface area contributed by atoms with E-state index in [1.807, 2.05) is 0 Å². The van der Waals surface area contributed by atoms with Crippen LogP contribution in [0.25, 0.3) is 11.0 Å². The molecule has 2 aromatic carbocycles. The number of benzene rings is 2. The van der Waals surface area contributed by atoms with Crippen molar-refractivity contribution in [1.82, 2.24) is 5.16 Å². The van der Waals surface area contributed by atoms with Crippen LogP contribution in [0.3, 0.4) is 0 Å². The maximum absolute atomic E-state index is 13.5. The van der Waals surface area contributed by atoms with Crippen LogP contribution in [0.5, 0.6) is 0 Å². The third-order valence-corrected chi connectivity index (χ3v) is 3.09. The van der Waals surface area contributed by atoms with Crippen molar-refractivity contribution in [3.05, 3.63) is 59.5 Å². The topological polar surface area (TPSA) is 55.1 Å². The minimum Gasteiger partial charge on any atom is -0.356 e. The normalized spacial score (nSPS) is 10.9. The lowest BCUT2D eigenvalue weighted by atomic mass is 10.1. The average molecular weight is 306 g/mol. The van der Waals surface area contributed by atoms with Crippen molar-refractivity contribution < 1.29 is 22.5 Å². The summed E-state index contributed by atoms with van der Waals surface area (Å²) < 4.78 is 44.5. The predicted molar refractivity (Wildman–Crippen MR) is 72.7 cm³/mol. The van der Waals surface area contributed by atoms with Crippen LogP contribution in [0.15, 0.2) is 40.9 Å². The molecular formula is C15H9F3N2O2. The highest BCUT2D eigenvalue weighted by molar-refractivity contribution is 5.94. The molecule has 1 aromatic heterocycles. The predicted octanol–water partition coefficient (Wildman–Crippen LogP) is 3.43. The van der Waals surface area contributed by atoms with Crippen LogP contribution < -0.4 is 5.32 Å². The van der Waals surface area contributed by atoms with Crippen molar-refractivity contribution in [2.75, 3.05) is 5.32 Å². The van der Waals surface area contributed by atoms with Crippen LogP contribution in [0.1, 0.15) is 5.69 Å². The van der Waals surface area contributed by atoms with Crippen molar-refractivity contribution in [2.45, 2.75) is 6.42 Å². The quantitative estimate of drug-likeness (QED) is 0.754. The summed E-state index contributed by atoms with van der Waals surface area (Å²) in [6, 6.07) is 8.63. The molecule has 0 bridgehead atoms. The second-order valence-corrected chi connectivity index (χ2v) is 4.57. The molecule has 1 N–H and O–H groups in total. The standard InChI is InChI=1S/C15H9F3N2O2/c16-9-5-6-10(15(18)14(9)17)19-13(21)7-11-8-3-1-2-4-12(8)22-20-11/h1-6H,7H2,(H,19,21). The molecule has 22 heavy (non-hydrogen) atoms. The van der Waals surface area contributed by atoms with E-state index in [4.69, 9.17) is 4.52 Å². The van der Waals surface area contributed by atoms with Crippen LogP contribution >= 0.6 is 0 Å². The number of halogens is 3. The molecule has 0 aliphatic heterocycles. The first-order chi connectivity index (χ1) is 10.6. The summed E-state index contributed by atoms with van der Waals surface area (Å²) in [4.78, 5) is 11.9. The number of aromatic nitrogens is 1. The SMILES string of the molecule is O=C(Cc1noc2ccccc12)Nc1ccc(F)c(F)c1F. The van der Waals surface area contributed by atoms with Gasteiger partial charge in [0.2, 0.25) is 5.91 Å². The number of rotatable bonds is 3. The number of nitrogens with one attached hydrogen (secondary N) is 1. The highest BCUT2D eigenvalue weighted by Gasteiger charge is 2.17. The Morgan fingerprint density at radius 1 is 1.09 bits per heavy atom. The second kappa shape index (κ2) is 5.51. The molecule has 0 saturated carbocycles. The summed E-state index contributed by atoms with van der Waals surface area (Å²) in [5, 5.41) is 6.60. The molecule has 7 heteroatoms. The van der Waals surface area contributed by atoms with Crippen molar-refractivity contribution in [3.8, 4) is 0 Å². The zero-order valence-electron chi connectivity index (χ0n) is 11.1. The van der Waals surface area contributed by atoms with E-state index in [-0.39, 0.29) is 6.42 Å². The third-order valence-electron chi connectivity index (χ3n) is 3.09. The van der Waals surface area contributed by atoms with E-state index in [2.05, 4.69) is 10.5 Å². The van der Waals surface area contributed by atoms with Gasteiger partial charge in [-0.3, -0.25) is 4.79 Å². The lowest BCUT2D eigenvalue weighted by Crippen LogP contribution is -2.16. The number of anilines is 1. The Balaban J connectivity index is 1.80. The van der Waals surface area contributed by atoms with Crippen molar-refractivity contribution >= 4 is 22.6 Å². The molecule has 0 saturated heterocycles. The summed E-state index contributed by atoms with van der Waals surface area (Å²) in [7, 11) is 0. The number of nitrogens with zero attached hydrogens (tertiary/aromatic N) is 1. The maximum Gasteiger partial charge on any atom is 0.230 e. The number of fused-ring (bicyclic) bond motifs is 1. The molecule has 0 atom stereocenters. The molecule has 1 heterocycles. The first kappa shape index (κ1) is 14.1. The molecule has 0 aliphatic carbocycles. The number of para-hydroxylation sites is 1. The van der Waals surface area contributed by atoms with Crippen LogP contribution in [0.4, 0.5) is 18.9 Å². The highest BCUT2D eigenvalue weighted by Crippen LogP contribution is 2.21. The fraction of sp³-hybridized carbons (Fsp3) is 0.0667. The van der Waals surface area contributed by atoms with E-state index in [0.29, 0.717) is 16.7 Å². The number of hydrogen-bond donors (Lipinski definition) is 1. The Labute approximate surface area is 122 Å². The number of amides is 1. The number of carbonyl (C=O) groups excluding carboxylic acids is 1. The molecule has 4 nitrogen and oxygen atoms in total. The Hall–Kier alpha value is -2.83. The Kier molecular flexibility index (Phi) is 3.54. The van der Waals surface area contributed by atoms with Gasteiger partial charge >= 0.3 is 0 Å². The monoisotopic (exact) mass is 306 g/mol. The third kappa shape index (κ3) is 2.52. The highest BCUT2D eigenvalue weighted by atomic mass is 19.2. The number of hydrogen-bond acceptors (Lipinski definition) is 3. The van der Waals surface area contributed by atoms with E-state index in [0.717, 1.165) is 12.1 Å². The van der Waals surface area contributed by atoms with E-state index in [9.17, 15) is 18.0 Å². The summed E-state index contributed by atoms with van der Waals surface area (Å²) in [5.74, 6) is -5.02. The number of carbonyl (C=O) groups is 1. The van der Waals surface area contributed by atoms with Crippen molar-refractivity contribution in [1.29, 1.82) is 0 Å². The smallest absolute Gasteiger partial charge is 0.230 e. The molecule has 1 amide bonds. The van der Waals surface area contributed by atoms with Gasteiger partial charge in [0.05, 0.1) is 12.1 Å². The fourth-order valence-electron chi connectivity index (χ4n) is 2.03. The molecule has 3 aromatic rings. The van der Waals surface area contributed by atoms with Gasteiger partial charge in [-0.1, -0.05) is 17.3 Å². The van der Waals surface area contributed by atoms with Gasteiger partial charge in [0.15, 0.2) is 23.0 Å². The molecular weight excluding hydrogens is 297 g/mol. The lowest BCUT2D eigenvalue weighted by molar-refractivity contribution is -0.115. The van der Waals surface area contributed by atoms with E-state index < -0.39 is 29.0 Å². The van der Waals surface area contributed by atoms with Gasteiger partial charge in [0.25, 0.3) is 0 Å². The first-order valence-electron chi connectivity index (χ1n) is 6.33. The van der Waals surface area contributed by atoms with Crippen LogP contribution in [-0.4, -0.2) is 11.1 Å². The maximum atomic E-state index is 13.5. The van der Waals surface area contributed by atoms with Gasteiger partial charge in [-0.2, -0.15) is 0 Å². The van der Waals surface area contributed by atoms with Crippen molar-refractivity contribution in [3.63, 3.8) is 0 Å². The van der Waals surface area contributed by atoms with Crippen LogP contribution in [0, 0.1) is 17.5 Å². The largest absolute Gasteiger partial charge is 0.356 e. The molecule has 0 aliphatic rings. The zero-order valence-corrected chi connectivity index (χ0v) is 11.1. The van der Waals surface area contributed by atoms with Gasteiger partial charge in [0, 0.05) is 5.39 Å². The van der Waals surface area contributed by atoms with Gasteiger partial charge in [-0.05, 0) is 24.3 Å². The molecule has 0 spiro atoms. The van der Waals surface area contributed by atoms with E-state index in [1.54, 1.807) is 24.3 Å². The van der Waals surface area contributed by atoms with Gasteiger partial charge < -0.3 is 9.84 Å². The summed E-state index contributed by atoms with van der Waals surface area (Å²) in [6.07, 6.45) is -0.185. The minimum absolute atomic E-state index is 0.185.